The lowest BCUT2D eigenvalue weighted by Gasteiger charge is -2.27. The molecule has 0 fully saturated rings. The fourth-order valence-electron chi connectivity index (χ4n) is 2.40. The Morgan fingerprint density at radius 2 is 1.89 bits per heavy atom. The molecule has 1 aliphatic rings. The topological polar surface area (TPSA) is 35.5 Å². The maximum Gasteiger partial charge on any atom is 0.233 e. The summed E-state index contributed by atoms with van der Waals surface area (Å²) >= 11 is 5.79. The lowest BCUT2D eigenvalue weighted by molar-refractivity contribution is -0.112. The molecule has 2 aromatic rings. The maximum atomic E-state index is 11.8. The SMILES string of the molecule is COc1cccc2c1[C@H](C(=O)Cl)c1ccccc1O2. The lowest BCUT2D eigenvalue weighted by atomic mass is 9.88. The van der Waals surface area contributed by atoms with Crippen LogP contribution in [0.25, 0.3) is 0 Å². The van der Waals surface area contributed by atoms with Crippen molar-refractivity contribution in [3.05, 3.63) is 53.6 Å². The van der Waals surface area contributed by atoms with Gasteiger partial charge in [0.15, 0.2) is 0 Å². The first kappa shape index (κ1) is 12.1. The second kappa shape index (κ2) is 4.59. The van der Waals surface area contributed by atoms with Crippen LogP contribution in [0.2, 0.25) is 0 Å². The van der Waals surface area contributed by atoms with Crippen LogP contribution in [0, 0.1) is 0 Å². The molecule has 0 amide bonds. The van der Waals surface area contributed by atoms with Gasteiger partial charge in [0.25, 0.3) is 0 Å². The molecule has 0 saturated carbocycles. The highest BCUT2D eigenvalue weighted by atomic mass is 35.5. The van der Waals surface area contributed by atoms with Crippen molar-refractivity contribution >= 4 is 16.8 Å². The number of methoxy groups -OCH3 is 1. The van der Waals surface area contributed by atoms with E-state index in [1.165, 1.54) is 0 Å². The van der Waals surface area contributed by atoms with Crippen LogP contribution in [0.1, 0.15) is 17.0 Å². The fourth-order valence-corrected chi connectivity index (χ4v) is 2.62. The van der Waals surface area contributed by atoms with E-state index in [0.29, 0.717) is 22.8 Å². The molecule has 96 valence electrons. The summed E-state index contributed by atoms with van der Waals surface area (Å²) in [6.07, 6.45) is 0. The zero-order valence-electron chi connectivity index (χ0n) is 10.2. The molecule has 0 bridgehead atoms. The van der Waals surface area contributed by atoms with Gasteiger partial charge in [-0.1, -0.05) is 24.3 Å². The molecule has 1 heterocycles. The molecule has 1 aliphatic heterocycles. The molecular weight excluding hydrogens is 264 g/mol. The van der Waals surface area contributed by atoms with Crippen LogP contribution in [0.5, 0.6) is 17.2 Å². The summed E-state index contributed by atoms with van der Waals surface area (Å²) in [6, 6.07) is 12.8. The number of ether oxygens (including phenoxy) is 2. The van der Waals surface area contributed by atoms with E-state index in [0.717, 1.165) is 5.56 Å². The normalized spacial score (nSPS) is 16.0. The Kier molecular flexibility index (Phi) is 2.91. The van der Waals surface area contributed by atoms with Crippen LogP contribution in [-0.4, -0.2) is 12.4 Å². The number of carbonyl (C=O) groups is 1. The molecule has 1 atom stereocenters. The summed E-state index contributed by atoms with van der Waals surface area (Å²) in [6.45, 7) is 0. The van der Waals surface area contributed by atoms with Crippen LogP contribution in [0.15, 0.2) is 42.5 Å². The van der Waals surface area contributed by atoms with Crippen molar-refractivity contribution in [3.63, 3.8) is 0 Å². The van der Waals surface area contributed by atoms with Crippen molar-refractivity contribution < 1.29 is 14.3 Å². The first-order chi connectivity index (χ1) is 9.22. The predicted octanol–water partition coefficient (Wildman–Crippen LogP) is 3.70. The van der Waals surface area contributed by atoms with E-state index in [2.05, 4.69) is 0 Å². The Hall–Kier alpha value is -2.00. The Balaban J connectivity index is 2.27. The van der Waals surface area contributed by atoms with Crippen molar-refractivity contribution in [2.75, 3.05) is 7.11 Å². The first-order valence-corrected chi connectivity index (χ1v) is 6.23. The summed E-state index contributed by atoms with van der Waals surface area (Å²) in [5.41, 5.74) is 1.45. The van der Waals surface area contributed by atoms with Crippen LogP contribution in [-0.2, 0) is 4.79 Å². The minimum absolute atomic E-state index is 0.443. The summed E-state index contributed by atoms with van der Waals surface area (Å²) in [5, 5.41) is -0.443. The van der Waals surface area contributed by atoms with Gasteiger partial charge >= 0.3 is 0 Å². The molecule has 3 nitrogen and oxygen atoms in total. The minimum Gasteiger partial charge on any atom is -0.496 e. The first-order valence-electron chi connectivity index (χ1n) is 5.85. The second-order valence-corrected chi connectivity index (χ2v) is 4.62. The molecule has 3 rings (SSSR count). The van der Waals surface area contributed by atoms with Crippen LogP contribution in [0.4, 0.5) is 0 Å². The van der Waals surface area contributed by atoms with Crippen LogP contribution >= 0.6 is 11.6 Å². The van der Waals surface area contributed by atoms with Gasteiger partial charge in [-0.25, -0.2) is 0 Å². The van der Waals surface area contributed by atoms with Crippen molar-refractivity contribution in [1.29, 1.82) is 0 Å². The smallest absolute Gasteiger partial charge is 0.233 e. The molecule has 0 radical (unpaired) electrons. The zero-order valence-corrected chi connectivity index (χ0v) is 11.0. The van der Waals surface area contributed by atoms with Gasteiger partial charge in [-0.3, -0.25) is 4.79 Å². The van der Waals surface area contributed by atoms with Gasteiger partial charge in [0.05, 0.1) is 18.6 Å². The van der Waals surface area contributed by atoms with E-state index in [1.807, 2.05) is 30.3 Å². The highest BCUT2D eigenvalue weighted by Crippen LogP contribution is 2.48. The third-order valence-electron chi connectivity index (χ3n) is 3.21. The number of halogens is 1. The van der Waals surface area contributed by atoms with Crippen molar-refractivity contribution in [2.24, 2.45) is 0 Å². The molecule has 0 unspecified atom stereocenters. The number of fused-ring (bicyclic) bond motifs is 2. The molecule has 0 saturated heterocycles. The Morgan fingerprint density at radius 1 is 1.16 bits per heavy atom. The fraction of sp³-hybridized carbons (Fsp3) is 0.133. The maximum absolute atomic E-state index is 11.8. The Labute approximate surface area is 115 Å². The highest BCUT2D eigenvalue weighted by Gasteiger charge is 2.34. The van der Waals surface area contributed by atoms with Crippen LogP contribution in [0.3, 0.4) is 0 Å². The highest BCUT2D eigenvalue weighted by molar-refractivity contribution is 6.65. The lowest BCUT2D eigenvalue weighted by Crippen LogP contribution is -2.16. The van der Waals surface area contributed by atoms with E-state index in [1.54, 1.807) is 19.2 Å². The summed E-state index contributed by atoms with van der Waals surface area (Å²) in [4.78, 5) is 11.8. The third kappa shape index (κ3) is 1.87. The van der Waals surface area contributed by atoms with Crippen molar-refractivity contribution in [1.82, 2.24) is 0 Å². The molecule has 0 N–H and O–H groups in total. The zero-order chi connectivity index (χ0) is 13.4. The number of rotatable bonds is 2. The quantitative estimate of drug-likeness (QED) is 0.784. The summed E-state index contributed by atoms with van der Waals surface area (Å²) < 4.78 is 11.1. The molecule has 4 heteroatoms. The third-order valence-corrected chi connectivity index (χ3v) is 3.43. The van der Waals surface area contributed by atoms with Gasteiger partial charge in [0.2, 0.25) is 5.24 Å². The van der Waals surface area contributed by atoms with Gasteiger partial charge in [0.1, 0.15) is 17.2 Å². The van der Waals surface area contributed by atoms with E-state index < -0.39 is 11.2 Å². The number of para-hydroxylation sites is 1. The molecule has 0 spiro atoms. The van der Waals surface area contributed by atoms with Crippen molar-refractivity contribution in [2.45, 2.75) is 5.92 Å². The molecule has 0 aliphatic carbocycles. The molecule has 19 heavy (non-hydrogen) atoms. The van der Waals surface area contributed by atoms with E-state index in [9.17, 15) is 4.79 Å². The number of benzene rings is 2. The van der Waals surface area contributed by atoms with Gasteiger partial charge in [0, 0.05) is 5.56 Å². The van der Waals surface area contributed by atoms with Gasteiger partial charge in [-0.05, 0) is 29.8 Å². The summed E-state index contributed by atoms with van der Waals surface area (Å²) in [7, 11) is 1.56. The van der Waals surface area contributed by atoms with E-state index in [-0.39, 0.29) is 0 Å². The average Bonchev–Trinajstić information content (AvgIpc) is 2.43. The standard InChI is InChI=1S/C15H11ClO3/c1-18-11-7-4-8-12-14(11)13(15(16)17)9-5-2-3-6-10(9)19-12/h2-8,13H,1H3/t13-/m1/s1. The second-order valence-electron chi connectivity index (χ2n) is 4.25. The number of carbonyl (C=O) groups excluding carboxylic acids is 1. The Bertz CT molecular complexity index is 652. The van der Waals surface area contributed by atoms with Gasteiger partial charge < -0.3 is 9.47 Å². The minimum atomic E-state index is -0.558. The molecule has 0 aromatic heterocycles. The largest absolute Gasteiger partial charge is 0.496 e. The Morgan fingerprint density at radius 3 is 2.63 bits per heavy atom. The van der Waals surface area contributed by atoms with Gasteiger partial charge in [-0.15, -0.1) is 0 Å². The molecular formula is C15H11ClO3. The predicted molar refractivity (Wildman–Crippen MR) is 72.2 cm³/mol. The monoisotopic (exact) mass is 274 g/mol. The average molecular weight is 275 g/mol. The number of hydrogen-bond donors (Lipinski definition) is 0. The number of hydrogen-bond acceptors (Lipinski definition) is 3. The van der Waals surface area contributed by atoms with Gasteiger partial charge in [-0.2, -0.15) is 0 Å². The van der Waals surface area contributed by atoms with Crippen LogP contribution < -0.4 is 9.47 Å². The van der Waals surface area contributed by atoms with E-state index >= 15 is 0 Å². The van der Waals surface area contributed by atoms with Crippen molar-refractivity contribution in [3.8, 4) is 17.2 Å². The molecule has 2 aromatic carbocycles. The van der Waals surface area contributed by atoms with E-state index in [4.69, 9.17) is 21.1 Å². The summed E-state index contributed by atoms with van der Waals surface area (Å²) in [5.74, 6) is 1.31.